The summed E-state index contributed by atoms with van der Waals surface area (Å²) in [5.41, 5.74) is 0. The quantitative estimate of drug-likeness (QED) is 0.558. The molecule has 0 spiro atoms. The third kappa shape index (κ3) is 2.39. The van der Waals surface area contributed by atoms with E-state index in [1.165, 1.54) is 0 Å². The number of aliphatic hydroxyl groups excluding tert-OH is 1. The van der Waals surface area contributed by atoms with E-state index in [1.807, 2.05) is 0 Å². The van der Waals surface area contributed by atoms with Crippen molar-refractivity contribution in [3.8, 4) is 0 Å². The van der Waals surface area contributed by atoms with Crippen LogP contribution in [0.3, 0.4) is 0 Å². The van der Waals surface area contributed by atoms with E-state index in [0.717, 1.165) is 0 Å². The van der Waals surface area contributed by atoms with E-state index in [2.05, 4.69) is 14.2 Å². The number of ether oxygens (including phenoxy) is 3. The van der Waals surface area contributed by atoms with Crippen molar-refractivity contribution in [2.24, 2.45) is 0 Å². The van der Waals surface area contributed by atoms with E-state index in [-0.39, 0.29) is 13.2 Å². The molecule has 1 N–H and O–H groups in total. The second-order valence-electron chi connectivity index (χ2n) is 2.14. The van der Waals surface area contributed by atoms with E-state index < -0.39 is 24.8 Å². The van der Waals surface area contributed by atoms with Crippen LogP contribution in [0.25, 0.3) is 0 Å². The molecule has 1 unspecified atom stereocenters. The SMILES string of the molecule is O=C(CO)OCC1COC(=O)O1. The Bertz CT molecular complexity index is 188. The molecule has 1 aliphatic heterocycles. The fourth-order valence-corrected chi connectivity index (χ4v) is 0.679. The smallest absolute Gasteiger partial charge is 0.460 e. The Labute approximate surface area is 68.0 Å². The first-order chi connectivity index (χ1) is 5.72. The van der Waals surface area contributed by atoms with Gasteiger partial charge in [0, 0.05) is 0 Å². The number of aliphatic hydroxyl groups is 1. The summed E-state index contributed by atoms with van der Waals surface area (Å²) in [4.78, 5) is 20.7. The number of carbonyl (C=O) groups is 2. The summed E-state index contributed by atoms with van der Waals surface area (Å²) in [6.07, 6.45) is -1.31. The Morgan fingerprint density at radius 1 is 1.75 bits per heavy atom. The van der Waals surface area contributed by atoms with Crippen molar-refractivity contribution in [3.63, 3.8) is 0 Å². The van der Waals surface area contributed by atoms with E-state index in [0.29, 0.717) is 0 Å². The Morgan fingerprint density at radius 2 is 2.50 bits per heavy atom. The highest BCUT2D eigenvalue weighted by atomic mass is 16.8. The monoisotopic (exact) mass is 176 g/mol. The molecule has 0 saturated carbocycles. The van der Waals surface area contributed by atoms with Crippen LogP contribution in [0.4, 0.5) is 4.79 Å². The molecular formula is C6H8O6. The van der Waals surface area contributed by atoms with Crippen LogP contribution in [0, 0.1) is 0 Å². The zero-order valence-corrected chi connectivity index (χ0v) is 6.19. The minimum atomic E-state index is -0.764. The normalized spacial score (nSPS) is 21.4. The number of carbonyl (C=O) groups excluding carboxylic acids is 2. The lowest BCUT2D eigenvalue weighted by Crippen LogP contribution is -2.22. The maximum Gasteiger partial charge on any atom is 0.508 e. The number of hydrogen-bond donors (Lipinski definition) is 1. The van der Waals surface area contributed by atoms with E-state index in [4.69, 9.17) is 5.11 Å². The lowest BCUT2D eigenvalue weighted by atomic mass is 10.4. The highest BCUT2D eigenvalue weighted by Gasteiger charge is 2.25. The Hall–Kier alpha value is -1.30. The predicted molar refractivity (Wildman–Crippen MR) is 34.3 cm³/mol. The van der Waals surface area contributed by atoms with Crippen molar-refractivity contribution < 1.29 is 28.9 Å². The first-order valence-corrected chi connectivity index (χ1v) is 3.32. The van der Waals surface area contributed by atoms with Gasteiger partial charge in [0.25, 0.3) is 0 Å². The molecule has 0 radical (unpaired) electrons. The molecule has 1 rings (SSSR count). The predicted octanol–water partition coefficient (Wildman–Crippen LogP) is -0.943. The Kier molecular flexibility index (Phi) is 2.87. The first kappa shape index (κ1) is 8.79. The number of rotatable bonds is 3. The molecule has 0 bridgehead atoms. The molecule has 0 aromatic carbocycles. The van der Waals surface area contributed by atoms with Crippen LogP contribution < -0.4 is 0 Å². The van der Waals surface area contributed by atoms with Crippen molar-refractivity contribution in [2.75, 3.05) is 19.8 Å². The van der Waals surface area contributed by atoms with Gasteiger partial charge in [0.1, 0.15) is 19.8 Å². The fourth-order valence-electron chi connectivity index (χ4n) is 0.679. The summed E-state index contributed by atoms with van der Waals surface area (Å²) in [5, 5.41) is 8.25. The third-order valence-electron chi connectivity index (χ3n) is 1.21. The maximum absolute atomic E-state index is 10.4. The summed E-state index contributed by atoms with van der Waals surface area (Å²) in [6, 6.07) is 0. The summed E-state index contributed by atoms with van der Waals surface area (Å²) in [5.74, 6) is -0.752. The number of hydrogen-bond acceptors (Lipinski definition) is 6. The van der Waals surface area contributed by atoms with Crippen molar-refractivity contribution in [3.05, 3.63) is 0 Å². The van der Waals surface area contributed by atoms with E-state index in [1.54, 1.807) is 0 Å². The zero-order valence-electron chi connectivity index (χ0n) is 6.19. The summed E-state index contributed by atoms with van der Waals surface area (Å²) in [6.45, 7) is -0.676. The molecule has 12 heavy (non-hydrogen) atoms. The molecule has 1 aliphatic rings. The summed E-state index contributed by atoms with van der Waals surface area (Å²) in [7, 11) is 0. The van der Waals surface area contributed by atoms with Crippen LogP contribution in [0.15, 0.2) is 0 Å². The van der Waals surface area contributed by atoms with Crippen molar-refractivity contribution >= 4 is 12.1 Å². The van der Waals surface area contributed by atoms with Gasteiger partial charge in [-0.2, -0.15) is 0 Å². The van der Waals surface area contributed by atoms with Crippen LogP contribution in [-0.4, -0.2) is 43.2 Å². The first-order valence-electron chi connectivity index (χ1n) is 3.32. The molecule has 1 atom stereocenters. The zero-order chi connectivity index (χ0) is 8.97. The van der Waals surface area contributed by atoms with Gasteiger partial charge in [-0.3, -0.25) is 0 Å². The average molecular weight is 176 g/mol. The van der Waals surface area contributed by atoms with Gasteiger partial charge < -0.3 is 19.3 Å². The van der Waals surface area contributed by atoms with E-state index in [9.17, 15) is 9.59 Å². The van der Waals surface area contributed by atoms with Gasteiger partial charge in [-0.25, -0.2) is 9.59 Å². The molecule has 0 amide bonds. The Morgan fingerprint density at radius 3 is 3.00 bits per heavy atom. The number of cyclic esters (lactones) is 2. The average Bonchev–Trinajstić information content (AvgIpc) is 2.47. The van der Waals surface area contributed by atoms with Crippen LogP contribution in [0.5, 0.6) is 0 Å². The maximum atomic E-state index is 10.4. The largest absolute Gasteiger partial charge is 0.508 e. The van der Waals surface area contributed by atoms with Crippen LogP contribution in [0.1, 0.15) is 0 Å². The number of esters is 1. The van der Waals surface area contributed by atoms with Crippen molar-refractivity contribution in [1.29, 1.82) is 0 Å². The van der Waals surface area contributed by atoms with Gasteiger partial charge in [0.15, 0.2) is 6.10 Å². The Balaban J connectivity index is 2.16. The highest BCUT2D eigenvalue weighted by molar-refractivity contribution is 5.70. The van der Waals surface area contributed by atoms with Gasteiger partial charge in [-0.05, 0) is 0 Å². The van der Waals surface area contributed by atoms with Crippen LogP contribution >= 0.6 is 0 Å². The van der Waals surface area contributed by atoms with Crippen LogP contribution in [0.2, 0.25) is 0 Å². The van der Waals surface area contributed by atoms with Crippen LogP contribution in [-0.2, 0) is 19.0 Å². The lowest BCUT2D eigenvalue weighted by Gasteiger charge is -2.05. The summed E-state index contributed by atoms with van der Waals surface area (Å²) < 4.78 is 13.4. The van der Waals surface area contributed by atoms with Gasteiger partial charge in [0.05, 0.1) is 0 Å². The highest BCUT2D eigenvalue weighted by Crippen LogP contribution is 2.05. The molecule has 6 heteroatoms. The molecule has 68 valence electrons. The topological polar surface area (TPSA) is 82.1 Å². The molecule has 0 aromatic heterocycles. The van der Waals surface area contributed by atoms with Gasteiger partial charge in [0.2, 0.25) is 0 Å². The molecule has 0 aromatic rings. The lowest BCUT2D eigenvalue weighted by molar-refractivity contribution is -0.149. The van der Waals surface area contributed by atoms with Gasteiger partial charge in [-0.1, -0.05) is 0 Å². The summed E-state index contributed by atoms with van der Waals surface area (Å²) >= 11 is 0. The molecule has 1 fully saturated rings. The second kappa shape index (κ2) is 3.91. The van der Waals surface area contributed by atoms with Gasteiger partial charge >= 0.3 is 12.1 Å². The minimum absolute atomic E-state index is 0.0782. The third-order valence-corrected chi connectivity index (χ3v) is 1.21. The molecule has 6 nitrogen and oxygen atoms in total. The molecule has 1 heterocycles. The standard InChI is InChI=1S/C6H8O6/c7-1-5(8)10-2-4-3-11-6(9)12-4/h4,7H,1-3H2. The fraction of sp³-hybridized carbons (Fsp3) is 0.667. The molecular weight excluding hydrogens is 168 g/mol. The van der Waals surface area contributed by atoms with Crippen molar-refractivity contribution in [1.82, 2.24) is 0 Å². The molecule has 1 saturated heterocycles. The second-order valence-corrected chi connectivity index (χ2v) is 2.14. The van der Waals surface area contributed by atoms with E-state index >= 15 is 0 Å². The van der Waals surface area contributed by atoms with Gasteiger partial charge in [-0.15, -0.1) is 0 Å². The van der Waals surface area contributed by atoms with Crippen molar-refractivity contribution in [2.45, 2.75) is 6.10 Å². The minimum Gasteiger partial charge on any atom is -0.460 e. The molecule has 0 aliphatic carbocycles.